The van der Waals surface area contributed by atoms with E-state index >= 15 is 8.78 Å². The molecule has 0 saturated carbocycles. The van der Waals surface area contributed by atoms with Gasteiger partial charge >= 0.3 is 19.5 Å². The number of H-pyrrole nitrogens is 1. The zero-order chi connectivity index (χ0) is 23.9. The van der Waals surface area contributed by atoms with Crippen molar-refractivity contribution < 1.29 is 41.2 Å². The highest BCUT2D eigenvalue weighted by Crippen LogP contribution is 2.62. The summed E-state index contributed by atoms with van der Waals surface area (Å²) < 4.78 is 69.6. The van der Waals surface area contributed by atoms with Gasteiger partial charge < -0.3 is 9.47 Å². The molecule has 1 aromatic rings. The largest absolute Gasteiger partial charge is 0.475 e. The lowest BCUT2D eigenvalue weighted by Crippen LogP contribution is -2.51. The quantitative estimate of drug-likeness (QED) is 0.457. The number of nitrogens with zero attached hydrogens (tertiary/aromatic N) is 1. The molecule has 32 heavy (non-hydrogen) atoms. The molecule has 0 aromatic carbocycles. The van der Waals surface area contributed by atoms with E-state index in [0.29, 0.717) is 4.57 Å². The van der Waals surface area contributed by atoms with Gasteiger partial charge in [0, 0.05) is 12.3 Å². The van der Waals surface area contributed by atoms with E-state index in [1.54, 1.807) is 20.8 Å². The fourth-order valence-corrected chi connectivity index (χ4v) is 4.83. The van der Waals surface area contributed by atoms with E-state index in [1.165, 1.54) is 0 Å². The Morgan fingerprint density at radius 3 is 2.69 bits per heavy atom. The number of rotatable bonds is 7. The number of halogens is 2. The Bertz CT molecular complexity index is 1030. The average molecular weight is 482 g/mol. The number of aromatic nitrogens is 2. The number of fused-ring (bicyclic) bond motifs is 1. The van der Waals surface area contributed by atoms with Gasteiger partial charge in [0.25, 0.3) is 11.4 Å². The van der Waals surface area contributed by atoms with Gasteiger partial charge in [-0.2, -0.15) is 0 Å². The summed E-state index contributed by atoms with van der Waals surface area (Å²) in [6, 6.07) is 0.935. The van der Waals surface area contributed by atoms with Crippen molar-refractivity contribution in [2.45, 2.75) is 64.1 Å². The Balaban J connectivity index is 1.71. The molecule has 6 atom stereocenters. The van der Waals surface area contributed by atoms with Crippen LogP contribution in [-0.2, 0) is 32.4 Å². The van der Waals surface area contributed by atoms with Crippen LogP contribution >= 0.6 is 7.82 Å². The van der Waals surface area contributed by atoms with E-state index in [1.807, 2.05) is 4.98 Å². The smallest absolute Gasteiger partial charge is 0.463 e. The second-order valence-corrected chi connectivity index (χ2v) is 9.76. The Labute approximate surface area is 181 Å². The Morgan fingerprint density at radius 2 is 2.06 bits per heavy atom. The molecule has 0 amide bonds. The maximum absolute atomic E-state index is 15.6. The van der Waals surface area contributed by atoms with Crippen LogP contribution in [0.25, 0.3) is 0 Å². The zero-order valence-electron chi connectivity index (χ0n) is 17.9. The van der Waals surface area contributed by atoms with Gasteiger partial charge in [-0.05, 0) is 27.2 Å². The predicted octanol–water partition coefficient (Wildman–Crippen LogP) is 1.98. The number of carbonyl (C=O) groups is 1. The topological polar surface area (TPSA) is 135 Å². The minimum atomic E-state index is -4.42. The normalized spacial score (nSPS) is 35.5. The van der Waals surface area contributed by atoms with Crippen LogP contribution in [0.1, 0.15) is 40.3 Å². The van der Waals surface area contributed by atoms with Gasteiger partial charge in [-0.15, -0.1) is 0 Å². The zero-order valence-corrected chi connectivity index (χ0v) is 18.8. The molecule has 3 rings (SSSR count). The van der Waals surface area contributed by atoms with E-state index in [0.717, 1.165) is 19.2 Å². The van der Waals surface area contributed by atoms with Crippen LogP contribution in [0.2, 0.25) is 0 Å². The third-order valence-corrected chi connectivity index (χ3v) is 6.42. The Kier molecular flexibility index (Phi) is 6.79. The van der Waals surface area contributed by atoms with E-state index in [9.17, 15) is 18.9 Å². The minimum absolute atomic E-state index is 0.0898. The van der Waals surface area contributed by atoms with Crippen molar-refractivity contribution in [3.63, 3.8) is 0 Å². The lowest BCUT2D eigenvalue weighted by atomic mass is 9.97. The monoisotopic (exact) mass is 482 g/mol. The highest BCUT2D eigenvalue weighted by Gasteiger charge is 2.70. The molecule has 2 saturated heterocycles. The van der Waals surface area contributed by atoms with Crippen molar-refractivity contribution in [2.24, 2.45) is 5.92 Å². The van der Waals surface area contributed by atoms with E-state index in [4.69, 9.17) is 23.0 Å². The summed E-state index contributed by atoms with van der Waals surface area (Å²) in [5.41, 5.74) is -4.47. The van der Waals surface area contributed by atoms with Crippen molar-refractivity contribution >= 4 is 13.8 Å². The number of nitrogens with one attached hydrogen (secondary N) is 1. The van der Waals surface area contributed by atoms with E-state index in [-0.39, 0.29) is 19.1 Å². The number of esters is 1. The number of aromatic amines is 1. The molecule has 0 spiro atoms. The third kappa shape index (κ3) is 4.86. The number of phosphoric acid groups is 1. The number of carbonyl (C=O) groups excluding carboxylic acids is 1. The van der Waals surface area contributed by atoms with Crippen molar-refractivity contribution in [3.05, 3.63) is 33.1 Å². The molecular weight excluding hydrogens is 457 g/mol. The number of phosphoric ester groups is 1. The Morgan fingerprint density at radius 1 is 1.38 bits per heavy atom. The van der Waals surface area contributed by atoms with Crippen LogP contribution < -0.4 is 11.2 Å². The van der Waals surface area contributed by atoms with Crippen LogP contribution in [0.4, 0.5) is 8.78 Å². The van der Waals surface area contributed by atoms with Gasteiger partial charge in [0.05, 0.1) is 18.6 Å². The van der Waals surface area contributed by atoms with Gasteiger partial charge in [0.1, 0.15) is 6.61 Å². The predicted molar refractivity (Wildman–Crippen MR) is 104 cm³/mol. The summed E-state index contributed by atoms with van der Waals surface area (Å²) >= 11 is 0. The average Bonchev–Trinajstić information content (AvgIpc) is 2.88. The molecule has 1 aromatic heterocycles. The van der Waals surface area contributed by atoms with Crippen LogP contribution in [-0.4, -0.2) is 52.5 Å². The lowest BCUT2D eigenvalue weighted by Gasteiger charge is -2.36. The molecule has 1 N–H and O–H groups in total. The third-order valence-electron chi connectivity index (χ3n) is 5.01. The first-order valence-corrected chi connectivity index (χ1v) is 11.4. The number of ether oxygens (including phenoxy) is 2. The molecular formula is C18H25F2N2O9P. The van der Waals surface area contributed by atoms with Gasteiger partial charge in [0.2, 0.25) is 0 Å². The van der Waals surface area contributed by atoms with Crippen LogP contribution in [0.15, 0.2) is 21.9 Å². The molecule has 3 heterocycles. The van der Waals surface area contributed by atoms with Gasteiger partial charge in [-0.1, -0.05) is 6.92 Å². The first kappa shape index (κ1) is 24.7. The standard InChI is InChI=1S/C18H25F2N2O9P/c1-10(2)29-13(24)11(3)6-8-27-32(26)28-9-18(20)14(31-32)17(4,19)15(30-18)22-7-5-12(23)21-16(22)25/h5,7,10-11,14-15H,6,8-9H2,1-4H3,(H,21,23,25)/t11-,14+,15-,17-,18-,32?/m1/s1. The SMILES string of the molecule is CC(C)OC(=O)[C@H](C)CCOP1(=O)OC[C@@]2(F)O[C@@H](n3ccc(=O)[nH]c3=O)[C@](C)(F)[C@@H]2O1. The van der Waals surface area contributed by atoms with E-state index in [2.05, 4.69) is 0 Å². The first-order valence-electron chi connectivity index (χ1n) is 9.92. The molecule has 2 aliphatic heterocycles. The number of hydrogen-bond acceptors (Lipinski definition) is 9. The van der Waals surface area contributed by atoms with Gasteiger partial charge in [-0.25, -0.2) is 18.1 Å². The van der Waals surface area contributed by atoms with Crippen molar-refractivity contribution in [1.29, 1.82) is 0 Å². The fraction of sp³-hybridized carbons (Fsp3) is 0.722. The summed E-state index contributed by atoms with van der Waals surface area (Å²) in [6.45, 7) is 4.60. The first-order chi connectivity index (χ1) is 14.8. The minimum Gasteiger partial charge on any atom is -0.463 e. The molecule has 2 fully saturated rings. The second-order valence-electron chi connectivity index (χ2n) is 8.14. The molecule has 0 radical (unpaired) electrons. The summed E-state index contributed by atoms with van der Waals surface area (Å²) in [6.07, 6.45) is -3.19. The number of alkyl halides is 2. The maximum atomic E-state index is 15.6. The maximum Gasteiger partial charge on any atom is 0.475 e. The molecule has 0 aliphatic carbocycles. The van der Waals surface area contributed by atoms with Crippen molar-refractivity contribution in [1.82, 2.24) is 9.55 Å². The second kappa shape index (κ2) is 8.79. The lowest BCUT2D eigenvalue weighted by molar-refractivity contribution is -0.220. The molecule has 0 bridgehead atoms. The summed E-state index contributed by atoms with van der Waals surface area (Å²) in [5, 5.41) is 0. The molecule has 11 nitrogen and oxygen atoms in total. The van der Waals surface area contributed by atoms with Gasteiger partial charge in [0.15, 0.2) is 18.0 Å². The van der Waals surface area contributed by atoms with Gasteiger partial charge in [-0.3, -0.25) is 32.7 Å². The summed E-state index contributed by atoms with van der Waals surface area (Å²) in [5.74, 6) is -3.95. The molecule has 2 aliphatic rings. The van der Waals surface area contributed by atoms with Crippen LogP contribution in [0, 0.1) is 5.92 Å². The molecule has 180 valence electrons. The van der Waals surface area contributed by atoms with Crippen LogP contribution in [0.3, 0.4) is 0 Å². The summed E-state index contributed by atoms with van der Waals surface area (Å²) in [7, 11) is -4.42. The fourth-order valence-electron chi connectivity index (χ4n) is 3.35. The van der Waals surface area contributed by atoms with Crippen molar-refractivity contribution in [3.8, 4) is 0 Å². The number of hydrogen-bond donors (Lipinski definition) is 1. The molecule has 14 heteroatoms. The summed E-state index contributed by atoms with van der Waals surface area (Å²) in [4.78, 5) is 37.0. The van der Waals surface area contributed by atoms with E-state index < -0.39 is 61.4 Å². The van der Waals surface area contributed by atoms with Crippen molar-refractivity contribution in [2.75, 3.05) is 13.2 Å². The highest BCUT2D eigenvalue weighted by atomic mass is 31.2. The van der Waals surface area contributed by atoms with Crippen LogP contribution in [0.5, 0.6) is 0 Å². The Hall–Kier alpha value is -1.92. The molecule has 1 unspecified atom stereocenters. The highest BCUT2D eigenvalue weighted by molar-refractivity contribution is 7.48.